The lowest BCUT2D eigenvalue weighted by Gasteiger charge is -2.48. The van der Waals surface area contributed by atoms with Crippen LogP contribution in [0, 0.1) is 0 Å². The summed E-state index contributed by atoms with van der Waals surface area (Å²) < 4.78 is 5.15. The minimum absolute atomic E-state index is 0.146. The molecule has 0 aromatic carbocycles. The van der Waals surface area contributed by atoms with E-state index in [1.165, 1.54) is 4.90 Å². The average Bonchev–Trinajstić information content (AvgIpc) is 2.30. The monoisotopic (exact) mass is 302 g/mol. The number of rotatable bonds is 7. The number of hydrogen-bond acceptors (Lipinski definition) is 5. The van der Waals surface area contributed by atoms with Gasteiger partial charge in [-0.05, 0) is 6.92 Å². The van der Waals surface area contributed by atoms with Gasteiger partial charge in [0.05, 0.1) is 13.1 Å². The highest BCUT2D eigenvalue weighted by molar-refractivity contribution is 5.87. The third kappa shape index (κ3) is 4.91. The van der Waals surface area contributed by atoms with Gasteiger partial charge in [-0.15, -0.1) is 0 Å². The lowest BCUT2D eigenvalue weighted by atomic mass is 9.97. The van der Waals surface area contributed by atoms with Gasteiger partial charge >= 0.3 is 12.0 Å². The fourth-order valence-corrected chi connectivity index (χ4v) is 1.99. The van der Waals surface area contributed by atoms with E-state index < -0.39 is 49.1 Å². The van der Waals surface area contributed by atoms with E-state index in [0.717, 1.165) is 4.90 Å². The van der Waals surface area contributed by atoms with Gasteiger partial charge in [0.1, 0.15) is 25.3 Å². The molecule has 118 valence electrons. The van der Waals surface area contributed by atoms with Crippen LogP contribution in [0.5, 0.6) is 0 Å². The number of primary amides is 2. The van der Waals surface area contributed by atoms with Crippen molar-refractivity contribution in [3.8, 4) is 0 Å². The third-order valence-corrected chi connectivity index (χ3v) is 2.83. The second kappa shape index (κ2) is 6.39. The number of hydrogen-bond donors (Lipinski definition) is 3. The molecule has 1 fully saturated rings. The van der Waals surface area contributed by atoms with E-state index in [0.29, 0.717) is 0 Å². The normalized spacial score (nSPS) is 16.0. The summed E-state index contributed by atoms with van der Waals surface area (Å²) in [5, 5.41) is 8.54. The molecule has 1 aliphatic heterocycles. The number of carbonyl (C=O) groups excluding carboxylic acids is 3. The van der Waals surface area contributed by atoms with E-state index in [4.69, 9.17) is 21.3 Å². The second-order valence-corrected chi connectivity index (χ2v) is 5.06. The van der Waals surface area contributed by atoms with Gasteiger partial charge in [0.15, 0.2) is 0 Å². The maximum atomic E-state index is 12.1. The van der Waals surface area contributed by atoms with Crippen LogP contribution in [-0.4, -0.2) is 77.1 Å². The molecule has 0 radical (unpaired) electrons. The summed E-state index contributed by atoms with van der Waals surface area (Å²) in [6, 6.07) is -0.580. The molecule has 4 amide bonds. The Kier molecular flexibility index (Phi) is 5.08. The fraction of sp³-hybridized carbons (Fsp3) is 0.636. The van der Waals surface area contributed by atoms with E-state index in [-0.39, 0.29) is 13.1 Å². The Morgan fingerprint density at radius 1 is 1.19 bits per heavy atom. The third-order valence-electron chi connectivity index (χ3n) is 2.83. The standard InChI is InChI=1S/C11H18N4O6/c1-11(21-4-9(18)19)5-15(6-11)10(20)14(2-7(12)16)3-8(13)17/h2-6H2,1H3,(H2,12,16)(H2,13,17)(H,18,19). The first-order valence-electron chi connectivity index (χ1n) is 6.09. The van der Waals surface area contributed by atoms with Gasteiger partial charge in [-0.2, -0.15) is 0 Å². The number of carboxylic acid groups (broad SMARTS) is 1. The Labute approximate surface area is 120 Å². The average molecular weight is 302 g/mol. The summed E-state index contributed by atoms with van der Waals surface area (Å²) in [5.74, 6) is -2.64. The van der Waals surface area contributed by atoms with Gasteiger partial charge < -0.3 is 31.1 Å². The van der Waals surface area contributed by atoms with Crippen LogP contribution < -0.4 is 11.5 Å². The van der Waals surface area contributed by atoms with Crippen LogP contribution in [-0.2, 0) is 19.1 Å². The fourth-order valence-electron chi connectivity index (χ4n) is 1.99. The maximum Gasteiger partial charge on any atom is 0.329 e. The van der Waals surface area contributed by atoms with Crippen molar-refractivity contribution in [3.05, 3.63) is 0 Å². The molecule has 0 atom stereocenters. The summed E-state index contributed by atoms with van der Waals surface area (Å²) >= 11 is 0. The van der Waals surface area contributed by atoms with Crippen molar-refractivity contribution >= 4 is 23.8 Å². The highest BCUT2D eigenvalue weighted by atomic mass is 16.5. The van der Waals surface area contributed by atoms with Crippen LogP contribution in [0.2, 0.25) is 0 Å². The summed E-state index contributed by atoms with van der Waals surface area (Å²) in [4.78, 5) is 46.6. The number of ether oxygens (including phenoxy) is 1. The zero-order valence-corrected chi connectivity index (χ0v) is 11.6. The molecule has 10 nitrogen and oxygen atoms in total. The SMILES string of the molecule is CC1(OCC(=O)O)CN(C(=O)N(CC(N)=O)CC(N)=O)C1. The molecule has 1 saturated heterocycles. The van der Waals surface area contributed by atoms with Crippen molar-refractivity contribution in [1.82, 2.24) is 9.80 Å². The van der Waals surface area contributed by atoms with E-state index in [1.807, 2.05) is 0 Å². The van der Waals surface area contributed by atoms with E-state index >= 15 is 0 Å². The first kappa shape index (κ1) is 16.7. The molecule has 10 heteroatoms. The highest BCUT2D eigenvalue weighted by Crippen LogP contribution is 2.25. The van der Waals surface area contributed by atoms with Gasteiger partial charge in [0, 0.05) is 0 Å². The molecule has 0 aromatic heterocycles. The van der Waals surface area contributed by atoms with E-state index in [1.54, 1.807) is 6.92 Å². The minimum Gasteiger partial charge on any atom is -0.480 e. The highest BCUT2D eigenvalue weighted by Gasteiger charge is 2.44. The molecule has 0 spiro atoms. The number of nitrogens with two attached hydrogens (primary N) is 2. The van der Waals surface area contributed by atoms with Gasteiger partial charge in [-0.1, -0.05) is 0 Å². The summed E-state index contributed by atoms with van der Waals surface area (Å²) in [6.45, 7) is 0.632. The number of aliphatic carboxylic acids is 1. The Bertz CT molecular complexity index is 444. The van der Waals surface area contributed by atoms with Gasteiger partial charge in [-0.3, -0.25) is 9.59 Å². The second-order valence-electron chi connectivity index (χ2n) is 5.06. The van der Waals surface area contributed by atoms with Crippen molar-refractivity contribution in [2.45, 2.75) is 12.5 Å². The quantitative estimate of drug-likeness (QED) is 0.474. The number of urea groups is 1. The van der Waals surface area contributed by atoms with Crippen molar-refractivity contribution in [2.75, 3.05) is 32.8 Å². The van der Waals surface area contributed by atoms with Crippen molar-refractivity contribution in [3.63, 3.8) is 0 Å². The summed E-state index contributed by atoms with van der Waals surface area (Å²) in [6.07, 6.45) is 0. The molecule has 21 heavy (non-hydrogen) atoms. The van der Waals surface area contributed by atoms with Crippen LogP contribution in [0.1, 0.15) is 6.92 Å². The number of likely N-dealkylation sites (tertiary alicyclic amines) is 1. The molecule has 1 aliphatic rings. The summed E-state index contributed by atoms with van der Waals surface area (Å²) in [5.41, 5.74) is 9.25. The number of carboxylic acids is 1. The minimum atomic E-state index is -1.11. The Hall–Kier alpha value is -2.36. The van der Waals surface area contributed by atoms with Crippen molar-refractivity contribution in [1.29, 1.82) is 0 Å². The number of amides is 4. The largest absolute Gasteiger partial charge is 0.480 e. The summed E-state index contributed by atoms with van der Waals surface area (Å²) in [7, 11) is 0. The van der Waals surface area contributed by atoms with Crippen LogP contribution in [0.25, 0.3) is 0 Å². The van der Waals surface area contributed by atoms with Crippen LogP contribution in [0.15, 0.2) is 0 Å². The Balaban J connectivity index is 2.56. The van der Waals surface area contributed by atoms with Crippen molar-refractivity contribution < 1.29 is 29.0 Å². The molecule has 1 rings (SSSR count). The van der Waals surface area contributed by atoms with E-state index in [2.05, 4.69) is 0 Å². The molecule has 1 heterocycles. The van der Waals surface area contributed by atoms with E-state index in [9.17, 15) is 19.2 Å². The zero-order chi connectivity index (χ0) is 16.2. The zero-order valence-electron chi connectivity index (χ0n) is 11.6. The first-order valence-corrected chi connectivity index (χ1v) is 6.09. The van der Waals surface area contributed by atoms with Gasteiger partial charge in [0.25, 0.3) is 0 Å². The predicted molar refractivity (Wildman–Crippen MR) is 68.9 cm³/mol. The lowest BCUT2D eigenvalue weighted by Crippen LogP contribution is -2.66. The topological polar surface area (TPSA) is 156 Å². The molecule has 0 aliphatic carbocycles. The number of nitrogens with zero attached hydrogens (tertiary/aromatic N) is 2. The molecule has 0 aromatic rings. The molecular formula is C11H18N4O6. The lowest BCUT2D eigenvalue weighted by molar-refractivity contribution is -0.160. The van der Waals surface area contributed by atoms with Crippen LogP contribution >= 0.6 is 0 Å². The first-order chi connectivity index (χ1) is 9.63. The van der Waals surface area contributed by atoms with Gasteiger partial charge in [0.2, 0.25) is 11.8 Å². The maximum absolute atomic E-state index is 12.1. The molecule has 0 saturated carbocycles. The molecule has 5 N–H and O–H groups in total. The molecular weight excluding hydrogens is 284 g/mol. The Morgan fingerprint density at radius 3 is 2.05 bits per heavy atom. The Morgan fingerprint density at radius 2 is 1.67 bits per heavy atom. The molecule has 0 bridgehead atoms. The van der Waals surface area contributed by atoms with Crippen LogP contribution in [0.4, 0.5) is 4.79 Å². The van der Waals surface area contributed by atoms with Crippen LogP contribution in [0.3, 0.4) is 0 Å². The number of carbonyl (C=O) groups is 4. The smallest absolute Gasteiger partial charge is 0.329 e. The van der Waals surface area contributed by atoms with Crippen molar-refractivity contribution in [2.24, 2.45) is 11.5 Å². The molecule has 0 unspecified atom stereocenters. The predicted octanol–water partition coefficient (Wildman–Crippen LogP) is -2.45. The van der Waals surface area contributed by atoms with Gasteiger partial charge in [-0.25, -0.2) is 9.59 Å².